The van der Waals surface area contributed by atoms with Gasteiger partial charge in [0.1, 0.15) is 24.4 Å². The smallest absolute Gasteiger partial charge is 0.392 e. The van der Waals surface area contributed by atoms with Crippen molar-refractivity contribution in [1.82, 2.24) is 5.32 Å². The number of aliphatic hydroxyl groups is 3. The molecular formula is C39H52N2O12S2. The van der Waals surface area contributed by atoms with Gasteiger partial charge in [0.25, 0.3) is 0 Å². The number of carbonyl (C=O) groups is 1. The van der Waals surface area contributed by atoms with Crippen LogP contribution in [0.15, 0.2) is 77.7 Å². The Hall–Kier alpha value is -3.45. The van der Waals surface area contributed by atoms with Crippen LogP contribution in [-0.2, 0) is 51.7 Å². The lowest BCUT2D eigenvalue weighted by Gasteiger charge is -2.42. The Balaban J connectivity index is 1.43. The first-order valence-electron chi connectivity index (χ1n) is 18.4. The van der Waals surface area contributed by atoms with Crippen LogP contribution in [0.4, 0.5) is 5.69 Å². The second-order valence-corrected chi connectivity index (χ2v) is 17.7. The fourth-order valence-corrected chi connectivity index (χ4v) is 10.2. The number of sulfone groups is 1. The van der Waals surface area contributed by atoms with E-state index in [-0.39, 0.29) is 23.7 Å². The number of fused-ring (bicyclic) bond motifs is 1. The van der Waals surface area contributed by atoms with Crippen molar-refractivity contribution in [3.8, 4) is 0 Å². The molecule has 5 rings (SSSR count). The normalized spacial score (nSPS) is 27.8. The van der Waals surface area contributed by atoms with Gasteiger partial charge in [-0.15, -0.1) is 0 Å². The van der Waals surface area contributed by atoms with E-state index in [0.717, 1.165) is 24.1 Å². The Kier molecular flexibility index (Phi) is 13.8. The molecule has 0 radical (unpaired) electrons. The molecule has 3 aromatic carbocycles. The van der Waals surface area contributed by atoms with Crippen molar-refractivity contribution in [2.24, 2.45) is 5.41 Å². The Labute approximate surface area is 323 Å². The van der Waals surface area contributed by atoms with Crippen molar-refractivity contribution in [3.63, 3.8) is 0 Å². The molecule has 14 nitrogen and oxygen atoms in total. The van der Waals surface area contributed by atoms with Crippen LogP contribution in [0.5, 0.6) is 0 Å². The predicted octanol–water partition coefficient (Wildman–Crippen LogP) is 3.13. The summed E-state index contributed by atoms with van der Waals surface area (Å²) in [6, 6.07) is 21.1. The van der Waals surface area contributed by atoms with Gasteiger partial charge >= 0.3 is 10.4 Å². The summed E-state index contributed by atoms with van der Waals surface area (Å²) in [5, 5.41) is 37.1. The van der Waals surface area contributed by atoms with Crippen LogP contribution in [0.1, 0.15) is 67.7 Å². The summed E-state index contributed by atoms with van der Waals surface area (Å²) in [7, 11) is -5.02. The molecule has 16 heteroatoms. The minimum Gasteiger partial charge on any atom is -0.392 e. The van der Waals surface area contributed by atoms with Crippen molar-refractivity contribution >= 4 is 31.8 Å². The standard InChI is InChI=1S/C39H52N2O12S2/c1-5-7-18-39(6-2)24-54(46,47)31-17-16-28(41(3)4)21-29(31)33(37(39)45)27-15-11-14-26(19-27)20-32(42)40-38-35(44)36(51-22-25-12-9-8-10-13-25)34(43)30(53-38)23-52-55(48,49)50/h8-17,19,21,30,33-38,43-45H,5-7,18,20,22-24H2,1-4H3,(H,40,42)(H,48,49,50)/t30-,33-,34-,35-,36+,37-,38-,39-/m1/s1. The number of hydrogen-bond donors (Lipinski definition) is 5. The van der Waals surface area contributed by atoms with Gasteiger partial charge in [-0.05, 0) is 53.3 Å². The molecule has 3 aromatic rings. The maximum atomic E-state index is 14.0. The molecule has 0 bridgehead atoms. The summed E-state index contributed by atoms with van der Waals surface area (Å²) < 4.78 is 75.9. The Morgan fingerprint density at radius 3 is 2.35 bits per heavy atom. The molecular weight excluding hydrogens is 753 g/mol. The number of nitrogens with one attached hydrogen (secondary N) is 1. The summed E-state index contributed by atoms with van der Waals surface area (Å²) in [5.41, 5.74) is 2.17. The fraction of sp³-hybridized carbons (Fsp3) is 0.513. The van der Waals surface area contributed by atoms with E-state index in [4.69, 9.17) is 14.0 Å². The van der Waals surface area contributed by atoms with Gasteiger partial charge in [-0.25, -0.2) is 12.6 Å². The van der Waals surface area contributed by atoms with E-state index >= 15 is 0 Å². The molecule has 1 saturated heterocycles. The van der Waals surface area contributed by atoms with Gasteiger partial charge in [0, 0.05) is 31.1 Å². The Bertz CT molecular complexity index is 2000. The van der Waals surface area contributed by atoms with Crippen LogP contribution in [0.2, 0.25) is 0 Å². The molecule has 0 spiro atoms. The second kappa shape index (κ2) is 17.8. The van der Waals surface area contributed by atoms with E-state index in [9.17, 15) is 36.9 Å². The highest BCUT2D eigenvalue weighted by molar-refractivity contribution is 7.91. The number of aliphatic hydroxyl groups excluding tert-OH is 3. The third kappa shape index (κ3) is 10.1. The first kappa shape index (κ1) is 42.7. The third-order valence-electron chi connectivity index (χ3n) is 10.7. The van der Waals surface area contributed by atoms with Crippen molar-refractivity contribution in [1.29, 1.82) is 0 Å². The number of ether oxygens (including phenoxy) is 2. The van der Waals surface area contributed by atoms with E-state index in [1.165, 1.54) is 0 Å². The first-order valence-corrected chi connectivity index (χ1v) is 21.4. The number of amides is 1. The highest BCUT2D eigenvalue weighted by Crippen LogP contribution is 2.49. The van der Waals surface area contributed by atoms with Gasteiger partial charge in [0.2, 0.25) is 5.91 Å². The number of anilines is 1. The van der Waals surface area contributed by atoms with Crippen molar-refractivity contribution in [2.45, 2.75) is 100 Å². The predicted molar refractivity (Wildman–Crippen MR) is 204 cm³/mol. The maximum absolute atomic E-state index is 14.0. The molecule has 1 amide bonds. The summed E-state index contributed by atoms with van der Waals surface area (Å²) >= 11 is 0. The van der Waals surface area contributed by atoms with Crippen molar-refractivity contribution < 1.29 is 55.2 Å². The number of hydrogen-bond acceptors (Lipinski definition) is 12. The van der Waals surface area contributed by atoms with Gasteiger partial charge in [-0.2, -0.15) is 8.42 Å². The monoisotopic (exact) mass is 804 g/mol. The zero-order valence-electron chi connectivity index (χ0n) is 31.4. The van der Waals surface area contributed by atoms with Crippen LogP contribution in [-0.4, -0.2) is 106 Å². The van der Waals surface area contributed by atoms with Gasteiger partial charge in [0.05, 0.1) is 36.4 Å². The molecule has 2 aliphatic rings. The number of nitrogens with zero attached hydrogens (tertiary/aromatic N) is 1. The molecule has 0 aromatic heterocycles. The first-order chi connectivity index (χ1) is 26.0. The highest BCUT2D eigenvalue weighted by atomic mass is 32.3. The zero-order chi connectivity index (χ0) is 40.1. The lowest BCUT2D eigenvalue weighted by atomic mass is 9.69. The van der Waals surface area contributed by atoms with Crippen LogP contribution in [0.25, 0.3) is 0 Å². The number of unbranched alkanes of at least 4 members (excludes halogenated alkanes) is 1. The van der Waals surface area contributed by atoms with Gasteiger partial charge in [-0.3, -0.25) is 9.35 Å². The van der Waals surface area contributed by atoms with E-state index in [1.807, 2.05) is 38.9 Å². The number of rotatable bonds is 15. The lowest BCUT2D eigenvalue weighted by molar-refractivity contribution is -0.248. The quantitative estimate of drug-likeness (QED) is 0.140. The SMILES string of the molecule is CCCC[C@]1(CC)CS(=O)(=O)c2ccc(N(C)C)cc2[C@@H](c2cccc(CC(=O)N[C@@H]3O[C@H](COS(=O)(=O)O)[C@@H](O)[C@H](OCc4ccccc4)[C@H]3O)c2)[C@H]1O. The molecule has 2 heterocycles. The molecule has 0 unspecified atom stereocenters. The minimum atomic E-state index is -4.92. The lowest BCUT2D eigenvalue weighted by Crippen LogP contribution is -2.64. The average Bonchev–Trinajstić information content (AvgIpc) is 3.21. The zero-order valence-corrected chi connectivity index (χ0v) is 33.1. The number of benzene rings is 3. The van der Waals surface area contributed by atoms with Crippen LogP contribution >= 0.6 is 0 Å². The maximum Gasteiger partial charge on any atom is 0.397 e. The number of carbonyl (C=O) groups excluding carboxylic acids is 1. The summed E-state index contributed by atoms with van der Waals surface area (Å²) in [4.78, 5) is 15.6. The van der Waals surface area contributed by atoms with Crippen LogP contribution in [0.3, 0.4) is 0 Å². The van der Waals surface area contributed by atoms with E-state index in [2.05, 4.69) is 9.50 Å². The third-order valence-corrected chi connectivity index (χ3v) is 13.1. The van der Waals surface area contributed by atoms with Crippen LogP contribution in [0, 0.1) is 5.41 Å². The average molecular weight is 805 g/mol. The van der Waals surface area contributed by atoms with Crippen LogP contribution < -0.4 is 10.2 Å². The van der Waals surface area contributed by atoms with Gasteiger partial charge in [0.15, 0.2) is 16.1 Å². The molecule has 55 heavy (non-hydrogen) atoms. The Morgan fingerprint density at radius 2 is 1.69 bits per heavy atom. The summed E-state index contributed by atoms with van der Waals surface area (Å²) in [5.74, 6) is -1.56. The molecule has 302 valence electrons. The van der Waals surface area contributed by atoms with E-state index in [0.29, 0.717) is 29.5 Å². The molecule has 0 aliphatic carbocycles. The summed E-state index contributed by atoms with van der Waals surface area (Å²) in [6.07, 6.45) is -6.29. The molecule has 8 atom stereocenters. The van der Waals surface area contributed by atoms with Crippen molar-refractivity contribution in [2.75, 3.05) is 31.4 Å². The molecule has 0 saturated carbocycles. The van der Waals surface area contributed by atoms with E-state index in [1.54, 1.807) is 66.7 Å². The highest BCUT2D eigenvalue weighted by Gasteiger charge is 2.49. The minimum absolute atomic E-state index is 0.0375. The van der Waals surface area contributed by atoms with Crippen molar-refractivity contribution in [3.05, 3.63) is 95.1 Å². The molecule has 2 aliphatic heterocycles. The van der Waals surface area contributed by atoms with Gasteiger partial charge < -0.3 is 35.0 Å². The molecule has 5 N–H and O–H groups in total. The van der Waals surface area contributed by atoms with E-state index < -0.39 is 80.8 Å². The second-order valence-electron chi connectivity index (χ2n) is 14.7. The Morgan fingerprint density at radius 1 is 0.982 bits per heavy atom. The molecule has 1 fully saturated rings. The van der Waals surface area contributed by atoms with Gasteiger partial charge in [-0.1, -0.05) is 81.3 Å². The summed E-state index contributed by atoms with van der Waals surface area (Å²) in [6.45, 7) is 3.06. The largest absolute Gasteiger partial charge is 0.397 e. The fourth-order valence-electron chi connectivity index (χ4n) is 7.61. The topological polar surface area (TPSA) is 209 Å².